The number of piperidine rings is 1. The van der Waals surface area contributed by atoms with Crippen LogP contribution in [0.25, 0.3) is 10.6 Å². The van der Waals surface area contributed by atoms with Gasteiger partial charge in [0.05, 0.1) is 12.8 Å². The third kappa shape index (κ3) is 36.2. The molecule has 0 aromatic heterocycles. The van der Waals surface area contributed by atoms with Gasteiger partial charge in [-0.05, 0) is 27.7 Å². The van der Waals surface area contributed by atoms with Gasteiger partial charge in [0, 0.05) is 0 Å². The van der Waals surface area contributed by atoms with Crippen LogP contribution in [0.2, 0.25) is 0 Å². The van der Waals surface area contributed by atoms with Gasteiger partial charge in [-0.25, -0.2) is 0 Å². The Morgan fingerprint density at radius 1 is 0.741 bits per heavy atom. The molecule has 0 radical (unpaired) electrons. The van der Waals surface area contributed by atoms with E-state index in [1.165, 1.54) is 47.0 Å². The van der Waals surface area contributed by atoms with E-state index in [1.807, 2.05) is 18.2 Å². The Kier molecular flexibility index (Phi) is 25.1. The number of carbonyl (C=O) groups excluding carboxylic acids is 4. The monoisotopic (exact) mass is 420 g/mol. The van der Waals surface area contributed by atoms with Crippen LogP contribution >= 0.6 is 0 Å². The summed E-state index contributed by atoms with van der Waals surface area (Å²) in [5.74, 6) is -0.250. The molecule has 0 bridgehead atoms. The first-order valence-corrected chi connectivity index (χ1v) is 8.85. The van der Waals surface area contributed by atoms with E-state index in [9.17, 15) is 19.2 Å². The number of nitrogens with zero attached hydrogens (tertiary/aromatic N) is 2. The average molecular weight is 420 g/mol. The number of hydrogen-bond donors (Lipinski definition) is 0. The summed E-state index contributed by atoms with van der Waals surface area (Å²) in [6, 6.07) is 0. The zero-order chi connectivity index (χ0) is 20.2. The summed E-state index contributed by atoms with van der Waals surface area (Å²) in [5, 5.41) is 8.09. The molecule has 0 unspecified atom stereocenters. The average Bonchev–Trinajstić information content (AvgIpc) is 2.57. The van der Waals surface area contributed by atoms with Crippen molar-refractivity contribution >= 4 is 23.1 Å². The number of Topliss-reactive ketones (excluding diaryl/α,β-unsaturated/α-hetero) is 4. The molecular formula is C20H32FeN2O4. The van der Waals surface area contributed by atoms with Crippen molar-refractivity contribution in [3.05, 3.63) is 35.1 Å². The molecule has 0 amide bonds. The number of ketones is 4. The van der Waals surface area contributed by atoms with Gasteiger partial charge in [0.15, 0.2) is 0 Å². The van der Waals surface area contributed by atoms with Crippen LogP contribution in [0, 0.1) is 0 Å². The van der Waals surface area contributed by atoms with Crippen molar-refractivity contribution in [1.82, 2.24) is 0 Å². The van der Waals surface area contributed by atoms with E-state index in [1.54, 1.807) is 6.20 Å². The van der Waals surface area contributed by atoms with E-state index >= 15 is 0 Å². The SMILES string of the molecule is C1=CC[N-]C=C1.C1CC[N-]CC1.CC(=O)CC(C)=O.CC(=O)CC(C)=O.[Fe+2]. The Labute approximate surface area is 174 Å². The minimum absolute atomic E-state index is 0. The van der Waals surface area contributed by atoms with Gasteiger partial charge in [0.2, 0.25) is 0 Å². The minimum atomic E-state index is -0.0625. The van der Waals surface area contributed by atoms with Gasteiger partial charge in [-0.1, -0.05) is 31.4 Å². The molecule has 0 aromatic carbocycles. The molecular weight excluding hydrogens is 388 g/mol. The van der Waals surface area contributed by atoms with E-state index in [0.717, 1.165) is 19.6 Å². The molecule has 2 aliphatic heterocycles. The Morgan fingerprint density at radius 2 is 1.19 bits per heavy atom. The molecule has 0 spiro atoms. The molecule has 1 fully saturated rings. The first-order chi connectivity index (χ1) is 12.3. The van der Waals surface area contributed by atoms with Crippen LogP contribution in [0.15, 0.2) is 24.4 Å². The van der Waals surface area contributed by atoms with Crippen LogP contribution in [-0.2, 0) is 36.2 Å². The van der Waals surface area contributed by atoms with Crippen molar-refractivity contribution in [3.63, 3.8) is 0 Å². The summed E-state index contributed by atoms with van der Waals surface area (Å²) in [6.07, 6.45) is 12.0. The smallest absolute Gasteiger partial charge is 0.687 e. The summed E-state index contributed by atoms with van der Waals surface area (Å²) in [7, 11) is 0. The normalized spacial score (nSPS) is 13.5. The summed E-state index contributed by atoms with van der Waals surface area (Å²) in [6.45, 7) is 8.72. The number of rotatable bonds is 4. The molecule has 154 valence electrons. The van der Waals surface area contributed by atoms with Gasteiger partial charge in [-0.2, -0.15) is 6.20 Å². The second-order valence-corrected chi connectivity index (χ2v) is 6.03. The van der Waals surface area contributed by atoms with Crippen molar-refractivity contribution in [2.75, 3.05) is 19.6 Å². The van der Waals surface area contributed by atoms with E-state index in [-0.39, 0.29) is 53.0 Å². The predicted molar refractivity (Wildman–Crippen MR) is 105 cm³/mol. The van der Waals surface area contributed by atoms with Gasteiger partial charge in [-0.15, -0.1) is 25.7 Å². The molecule has 27 heavy (non-hydrogen) atoms. The van der Waals surface area contributed by atoms with Gasteiger partial charge in [-0.3, -0.25) is 19.2 Å². The van der Waals surface area contributed by atoms with Crippen LogP contribution < -0.4 is 0 Å². The summed E-state index contributed by atoms with van der Waals surface area (Å²) < 4.78 is 0. The number of allylic oxidation sites excluding steroid dienone is 2. The molecule has 0 aliphatic carbocycles. The molecule has 2 rings (SSSR count). The summed E-state index contributed by atoms with van der Waals surface area (Å²) >= 11 is 0. The van der Waals surface area contributed by atoms with E-state index < -0.39 is 0 Å². The van der Waals surface area contributed by atoms with Crippen LogP contribution in [0.4, 0.5) is 0 Å². The maximum atomic E-state index is 10.0. The molecule has 2 aliphatic rings. The minimum Gasteiger partial charge on any atom is -0.687 e. The summed E-state index contributed by atoms with van der Waals surface area (Å²) in [4.78, 5) is 40.1. The maximum Gasteiger partial charge on any atom is 2.00 e. The van der Waals surface area contributed by atoms with Crippen LogP contribution in [-0.4, -0.2) is 42.8 Å². The quantitative estimate of drug-likeness (QED) is 0.505. The third-order valence-electron chi connectivity index (χ3n) is 2.78. The third-order valence-corrected chi connectivity index (χ3v) is 2.78. The molecule has 0 saturated carbocycles. The van der Waals surface area contributed by atoms with Gasteiger partial charge < -0.3 is 10.6 Å². The maximum absolute atomic E-state index is 10.0. The van der Waals surface area contributed by atoms with Crippen molar-refractivity contribution in [1.29, 1.82) is 0 Å². The van der Waals surface area contributed by atoms with Gasteiger partial charge in [0.1, 0.15) is 23.1 Å². The molecule has 7 heteroatoms. The standard InChI is InChI=1S/C5H10N.C5H6N.2C5H8O2.Fe/c2*1-2-4-6-5-3-1;2*1-4(6)3-5(2)7;/h1-5H2;1-4H,5H2;2*3H2,1-2H3;/q2*-1;;;+2. The molecule has 1 saturated heterocycles. The Morgan fingerprint density at radius 3 is 1.26 bits per heavy atom. The Bertz CT molecular complexity index is 411. The zero-order valence-corrected chi connectivity index (χ0v) is 18.0. The van der Waals surface area contributed by atoms with Crippen molar-refractivity contribution < 1.29 is 36.2 Å². The molecule has 0 N–H and O–H groups in total. The van der Waals surface area contributed by atoms with Crippen molar-refractivity contribution in [2.24, 2.45) is 0 Å². The van der Waals surface area contributed by atoms with Crippen LogP contribution in [0.1, 0.15) is 59.8 Å². The molecule has 6 nitrogen and oxygen atoms in total. The summed E-state index contributed by atoms with van der Waals surface area (Å²) in [5.41, 5.74) is 0. The molecule has 2 heterocycles. The fourth-order valence-electron chi connectivity index (χ4n) is 1.81. The fraction of sp³-hybridized carbons (Fsp3) is 0.600. The van der Waals surface area contributed by atoms with Crippen LogP contribution in [0.5, 0.6) is 0 Å². The Hall–Kier alpha value is -1.56. The van der Waals surface area contributed by atoms with E-state index in [2.05, 4.69) is 10.6 Å². The number of carbonyl (C=O) groups is 4. The van der Waals surface area contributed by atoms with E-state index in [0.29, 0.717) is 0 Å². The first kappa shape index (κ1) is 30.2. The fourth-order valence-corrected chi connectivity index (χ4v) is 1.81. The zero-order valence-electron chi connectivity index (χ0n) is 16.8. The van der Waals surface area contributed by atoms with Gasteiger partial charge in [0.25, 0.3) is 0 Å². The van der Waals surface area contributed by atoms with Gasteiger partial charge >= 0.3 is 17.1 Å². The first-order valence-electron chi connectivity index (χ1n) is 8.85. The molecule has 0 aromatic rings. The number of hydrogen-bond acceptors (Lipinski definition) is 4. The predicted octanol–water partition coefficient (Wildman–Crippen LogP) is 4.09. The van der Waals surface area contributed by atoms with Crippen molar-refractivity contribution in [2.45, 2.75) is 59.8 Å². The van der Waals surface area contributed by atoms with Crippen molar-refractivity contribution in [3.8, 4) is 0 Å². The largest absolute Gasteiger partial charge is 2.00 e. The topological polar surface area (TPSA) is 96.5 Å². The Balaban J connectivity index is -0.000000281. The second-order valence-electron chi connectivity index (χ2n) is 6.03. The second kappa shape index (κ2) is 22.5. The molecule has 0 atom stereocenters. The van der Waals surface area contributed by atoms with E-state index in [4.69, 9.17) is 0 Å². The van der Waals surface area contributed by atoms with Crippen LogP contribution in [0.3, 0.4) is 0 Å².